The third-order valence-electron chi connectivity index (χ3n) is 8.07. The second-order valence-electron chi connectivity index (χ2n) is 11.5. The van der Waals surface area contributed by atoms with Crippen molar-refractivity contribution in [3.8, 4) is 39.9 Å². The molecule has 1 aromatic carbocycles. The predicted molar refractivity (Wildman–Crippen MR) is 150 cm³/mol. The van der Waals surface area contributed by atoms with Crippen molar-refractivity contribution in [1.82, 2.24) is 39.0 Å². The Kier molecular flexibility index (Phi) is 6.48. The molecule has 0 saturated carbocycles. The fourth-order valence-corrected chi connectivity index (χ4v) is 5.74. The molecule has 5 heterocycles. The van der Waals surface area contributed by atoms with Crippen LogP contribution in [0.5, 0.6) is 5.75 Å². The van der Waals surface area contributed by atoms with Crippen LogP contribution in [0.3, 0.4) is 0 Å². The molecule has 1 atom stereocenters. The largest absolute Gasteiger partial charge is 0.491 e. The number of carboxylic acids is 1. The number of piperidine rings is 1. The van der Waals surface area contributed by atoms with E-state index in [9.17, 15) is 9.90 Å². The summed E-state index contributed by atoms with van der Waals surface area (Å²) < 4.78 is 12.3. The van der Waals surface area contributed by atoms with Crippen molar-refractivity contribution >= 4 is 5.97 Å². The highest BCUT2D eigenvalue weighted by Crippen LogP contribution is 2.38. The van der Waals surface area contributed by atoms with Crippen LogP contribution in [0, 0.1) is 6.92 Å². The molecule has 1 fully saturated rings. The van der Waals surface area contributed by atoms with Crippen LogP contribution in [-0.2, 0) is 11.3 Å². The first-order valence-corrected chi connectivity index (χ1v) is 13.9. The zero-order valence-corrected chi connectivity index (χ0v) is 23.7. The number of ether oxygens (including phenoxy) is 1. The minimum Gasteiger partial charge on any atom is -0.491 e. The van der Waals surface area contributed by atoms with Crippen molar-refractivity contribution in [1.29, 1.82) is 0 Å². The van der Waals surface area contributed by atoms with Crippen molar-refractivity contribution in [3.63, 3.8) is 0 Å². The maximum Gasteiger partial charge on any atom is 0.323 e. The van der Waals surface area contributed by atoms with Crippen LogP contribution in [0.15, 0.2) is 36.7 Å². The van der Waals surface area contributed by atoms with Crippen LogP contribution >= 0.6 is 0 Å². The Balaban J connectivity index is 1.33. The molecule has 0 radical (unpaired) electrons. The number of hydrogen-bond acceptors (Lipinski definition) is 7. The minimum absolute atomic E-state index is 0.0836. The average molecular weight is 545 g/mol. The Hall–Kier alpha value is -3.99. The van der Waals surface area contributed by atoms with Crippen LogP contribution in [0.2, 0.25) is 0 Å². The number of fused-ring (bicyclic) bond motifs is 3. The molecule has 1 N–H and O–H groups in total. The van der Waals surface area contributed by atoms with E-state index in [1.807, 2.05) is 39.6 Å². The summed E-state index contributed by atoms with van der Waals surface area (Å²) in [6.07, 6.45) is 5.72. The van der Waals surface area contributed by atoms with Crippen LogP contribution in [0.25, 0.3) is 34.2 Å². The Bertz CT molecular complexity index is 1560. The number of imidazole rings is 1. The third kappa shape index (κ3) is 4.47. The second-order valence-corrected chi connectivity index (χ2v) is 11.5. The first-order valence-electron chi connectivity index (χ1n) is 13.9. The van der Waals surface area contributed by atoms with Gasteiger partial charge in [0.1, 0.15) is 35.2 Å². The number of likely N-dealkylation sites (tertiary alicyclic amines) is 1. The van der Waals surface area contributed by atoms with Gasteiger partial charge in [-0.3, -0.25) is 14.4 Å². The van der Waals surface area contributed by atoms with Gasteiger partial charge in [0.25, 0.3) is 0 Å². The van der Waals surface area contributed by atoms with Crippen molar-refractivity contribution in [2.75, 3.05) is 19.7 Å². The average Bonchev–Trinajstić information content (AvgIpc) is 3.65. The van der Waals surface area contributed by atoms with Gasteiger partial charge in [-0.1, -0.05) is 6.07 Å². The Morgan fingerprint density at radius 3 is 2.75 bits per heavy atom. The summed E-state index contributed by atoms with van der Waals surface area (Å²) in [7, 11) is 0. The molecule has 4 aromatic rings. The summed E-state index contributed by atoms with van der Waals surface area (Å²) in [6.45, 7) is 12.2. The highest BCUT2D eigenvalue weighted by atomic mass is 16.5. The summed E-state index contributed by atoms with van der Waals surface area (Å²) in [5, 5.41) is 19.0. The van der Waals surface area contributed by atoms with Crippen LogP contribution < -0.4 is 4.74 Å². The summed E-state index contributed by atoms with van der Waals surface area (Å²) in [6, 6.07) is 8.49. The monoisotopic (exact) mass is 544 g/mol. The van der Waals surface area contributed by atoms with Gasteiger partial charge in [0.2, 0.25) is 0 Å². The molecule has 0 amide bonds. The van der Waals surface area contributed by atoms with Crippen molar-refractivity contribution in [2.24, 2.45) is 0 Å². The molecular weight excluding hydrogens is 508 g/mol. The fourth-order valence-electron chi connectivity index (χ4n) is 5.74. The molecule has 11 heteroatoms. The third-order valence-corrected chi connectivity index (χ3v) is 8.07. The number of benzene rings is 1. The molecule has 210 valence electrons. The summed E-state index contributed by atoms with van der Waals surface area (Å²) in [4.78, 5) is 23.6. The SMILES string of the molecule is Cc1nc(-c2cn3c(n2)-c2ccc(-c4ccnn4C4CCCN(C(C)(C)C(=O)O)C4)cc2OCC3)n(C(C)C)n1. The van der Waals surface area contributed by atoms with E-state index in [1.165, 1.54) is 0 Å². The van der Waals surface area contributed by atoms with Gasteiger partial charge in [0.05, 0.1) is 23.8 Å². The van der Waals surface area contributed by atoms with Gasteiger partial charge < -0.3 is 14.4 Å². The van der Waals surface area contributed by atoms with E-state index in [0.717, 1.165) is 65.1 Å². The van der Waals surface area contributed by atoms with E-state index in [-0.39, 0.29) is 12.1 Å². The quantitative estimate of drug-likeness (QED) is 0.378. The lowest BCUT2D eigenvalue weighted by Crippen LogP contribution is -2.54. The highest BCUT2D eigenvalue weighted by Gasteiger charge is 2.38. The van der Waals surface area contributed by atoms with Gasteiger partial charge in [0, 0.05) is 30.5 Å². The Morgan fingerprint density at radius 2 is 1.98 bits per heavy atom. The Morgan fingerprint density at radius 1 is 1.15 bits per heavy atom. The van der Waals surface area contributed by atoms with Gasteiger partial charge in [-0.05, 0) is 72.2 Å². The number of carboxylic acid groups (broad SMARTS) is 1. The number of carbonyl (C=O) groups is 1. The summed E-state index contributed by atoms with van der Waals surface area (Å²) in [5.41, 5.74) is 2.79. The van der Waals surface area contributed by atoms with E-state index >= 15 is 0 Å². The number of nitrogens with zero attached hydrogens (tertiary/aromatic N) is 8. The second kappa shape index (κ2) is 9.88. The normalized spacial score (nSPS) is 17.8. The van der Waals surface area contributed by atoms with Gasteiger partial charge in [-0.25, -0.2) is 14.6 Å². The number of hydrogen-bond donors (Lipinski definition) is 1. The molecule has 3 aromatic heterocycles. The number of aliphatic carboxylic acids is 1. The van der Waals surface area contributed by atoms with E-state index in [1.54, 1.807) is 13.8 Å². The van der Waals surface area contributed by atoms with Crippen LogP contribution in [0.4, 0.5) is 0 Å². The lowest BCUT2D eigenvalue weighted by atomic mass is 9.96. The molecule has 11 nitrogen and oxygen atoms in total. The van der Waals surface area contributed by atoms with Gasteiger partial charge in [-0.15, -0.1) is 0 Å². The molecule has 2 aliphatic heterocycles. The van der Waals surface area contributed by atoms with E-state index in [4.69, 9.17) is 9.72 Å². The first-order chi connectivity index (χ1) is 19.1. The van der Waals surface area contributed by atoms with E-state index < -0.39 is 11.5 Å². The maximum absolute atomic E-state index is 11.9. The minimum atomic E-state index is -0.925. The molecule has 1 saturated heterocycles. The van der Waals surface area contributed by atoms with Crippen molar-refractivity contribution in [2.45, 2.75) is 71.6 Å². The van der Waals surface area contributed by atoms with Gasteiger partial charge in [-0.2, -0.15) is 10.2 Å². The molecule has 6 rings (SSSR count). The smallest absolute Gasteiger partial charge is 0.323 e. The predicted octanol–water partition coefficient (Wildman–Crippen LogP) is 4.45. The summed E-state index contributed by atoms with van der Waals surface area (Å²) >= 11 is 0. The Labute approximate surface area is 233 Å². The molecular formula is C29H36N8O3. The standard InChI is InChI=1S/C29H36N8O3/c1-18(2)36-27(31-19(3)33-36)23-17-34-13-14-40-25-15-20(8-9-22(25)26(34)32-23)24-10-11-30-37(24)21-7-6-12-35(16-21)29(4,5)28(38)39/h8-11,15,17-18,21H,6-7,12-14,16H2,1-5H3,(H,38,39). The fraction of sp³-hybridized carbons (Fsp3) is 0.483. The van der Waals surface area contributed by atoms with Crippen molar-refractivity contribution in [3.05, 3.63) is 42.5 Å². The molecule has 40 heavy (non-hydrogen) atoms. The van der Waals surface area contributed by atoms with Crippen molar-refractivity contribution < 1.29 is 14.6 Å². The summed E-state index contributed by atoms with van der Waals surface area (Å²) in [5.74, 6) is 2.31. The molecule has 0 spiro atoms. The first kappa shape index (κ1) is 26.2. The van der Waals surface area contributed by atoms with Gasteiger partial charge >= 0.3 is 5.97 Å². The lowest BCUT2D eigenvalue weighted by Gasteiger charge is -2.41. The lowest BCUT2D eigenvalue weighted by molar-refractivity contribution is -0.150. The highest BCUT2D eigenvalue weighted by molar-refractivity contribution is 5.77. The maximum atomic E-state index is 11.9. The van der Waals surface area contributed by atoms with Gasteiger partial charge in [0.15, 0.2) is 5.82 Å². The van der Waals surface area contributed by atoms with Crippen LogP contribution in [0.1, 0.15) is 58.4 Å². The zero-order chi connectivity index (χ0) is 28.2. The number of rotatable bonds is 6. The topological polar surface area (TPSA) is 116 Å². The molecule has 2 aliphatic rings. The number of aryl methyl sites for hydroxylation is 1. The molecule has 0 bridgehead atoms. The van der Waals surface area contributed by atoms with E-state index in [0.29, 0.717) is 19.7 Å². The molecule has 1 unspecified atom stereocenters. The van der Waals surface area contributed by atoms with Crippen LogP contribution in [-0.4, -0.2) is 75.3 Å². The molecule has 0 aliphatic carbocycles. The number of aromatic nitrogens is 7. The zero-order valence-electron chi connectivity index (χ0n) is 23.7. The van der Waals surface area contributed by atoms with E-state index in [2.05, 4.69) is 51.8 Å².